The van der Waals surface area contributed by atoms with Crippen LogP contribution in [0.25, 0.3) is 5.69 Å². The molecule has 8 nitrogen and oxygen atoms in total. The molecule has 1 aromatic carbocycles. The van der Waals surface area contributed by atoms with Crippen molar-refractivity contribution in [2.24, 2.45) is 0 Å². The molecule has 8 heteroatoms. The zero-order valence-corrected chi connectivity index (χ0v) is 15.8. The van der Waals surface area contributed by atoms with E-state index in [1.54, 1.807) is 25.4 Å². The molecule has 0 unspecified atom stereocenters. The van der Waals surface area contributed by atoms with E-state index in [1.165, 1.54) is 4.80 Å². The minimum absolute atomic E-state index is 0.0393. The summed E-state index contributed by atoms with van der Waals surface area (Å²) in [6, 6.07) is 7.39. The molecule has 0 saturated carbocycles. The fourth-order valence-corrected chi connectivity index (χ4v) is 3.63. The van der Waals surface area contributed by atoms with Crippen LogP contribution in [0.2, 0.25) is 0 Å². The molecule has 3 aromatic rings. The van der Waals surface area contributed by atoms with Crippen LogP contribution in [0.4, 0.5) is 0 Å². The Balaban J connectivity index is 1.63. The number of oxazole rings is 1. The number of likely N-dealkylation sites (tertiary alicyclic amines) is 1. The van der Waals surface area contributed by atoms with E-state index in [0.29, 0.717) is 41.4 Å². The number of carbonyl (C=O) groups is 2. The maximum atomic E-state index is 13.4. The van der Waals surface area contributed by atoms with Crippen molar-refractivity contribution >= 4 is 12.2 Å². The third kappa shape index (κ3) is 3.21. The van der Waals surface area contributed by atoms with Crippen molar-refractivity contribution in [3.63, 3.8) is 0 Å². The van der Waals surface area contributed by atoms with Gasteiger partial charge in [-0.2, -0.15) is 15.0 Å². The summed E-state index contributed by atoms with van der Waals surface area (Å²) in [4.78, 5) is 32.1. The quantitative estimate of drug-likeness (QED) is 0.647. The molecule has 1 saturated heterocycles. The zero-order valence-electron chi connectivity index (χ0n) is 15.8. The first-order valence-corrected chi connectivity index (χ1v) is 9.27. The fraction of sp³-hybridized carbons (Fsp3) is 0.350. The molecule has 2 atom stereocenters. The number of hydrogen-bond acceptors (Lipinski definition) is 6. The van der Waals surface area contributed by atoms with Gasteiger partial charge in [0, 0.05) is 12.6 Å². The number of nitrogens with zero attached hydrogens (tertiary/aromatic N) is 5. The number of para-hydroxylation sites is 1. The van der Waals surface area contributed by atoms with Gasteiger partial charge in [-0.1, -0.05) is 12.1 Å². The number of piperidine rings is 1. The topological polar surface area (TPSA) is 94.1 Å². The standard InChI is InChI=1S/C20H21N5O3/c1-13-7-8-15(19-23-17(12-26)14(2)28-19)11-24(13)20(27)16-5-3-4-6-18(16)25-21-9-10-22-25/h3-6,9-10,12-13,15H,7-8,11H2,1-2H3/t13-,15-/m1/s1. The summed E-state index contributed by atoms with van der Waals surface area (Å²) in [6.45, 7) is 4.25. The second-order valence-electron chi connectivity index (χ2n) is 7.03. The molecule has 28 heavy (non-hydrogen) atoms. The van der Waals surface area contributed by atoms with Gasteiger partial charge in [-0.05, 0) is 38.8 Å². The fourth-order valence-electron chi connectivity index (χ4n) is 3.63. The smallest absolute Gasteiger partial charge is 0.256 e. The first-order valence-electron chi connectivity index (χ1n) is 9.27. The van der Waals surface area contributed by atoms with Crippen molar-refractivity contribution in [2.75, 3.05) is 6.54 Å². The molecule has 1 amide bonds. The van der Waals surface area contributed by atoms with E-state index in [0.717, 1.165) is 12.8 Å². The summed E-state index contributed by atoms with van der Waals surface area (Å²) in [7, 11) is 0. The van der Waals surface area contributed by atoms with Crippen molar-refractivity contribution in [3.05, 3.63) is 59.6 Å². The Morgan fingerprint density at radius 2 is 1.96 bits per heavy atom. The Bertz CT molecular complexity index is 995. The van der Waals surface area contributed by atoms with E-state index in [4.69, 9.17) is 4.42 Å². The lowest BCUT2D eigenvalue weighted by atomic mass is 9.92. The minimum Gasteiger partial charge on any atom is -0.445 e. The van der Waals surface area contributed by atoms with Crippen molar-refractivity contribution in [2.45, 2.75) is 38.6 Å². The maximum absolute atomic E-state index is 13.4. The van der Waals surface area contributed by atoms with Crippen LogP contribution < -0.4 is 0 Å². The number of aromatic nitrogens is 4. The van der Waals surface area contributed by atoms with Gasteiger partial charge in [-0.25, -0.2) is 4.98 Å². The van der Waals surface area contributed by atoms with Crippen molar-refractivity contribution in [1.82, 2.24) is 24.9 Å². The van der Waals surface area contributed by atoms with Gasteiger partial charge in [0.2, 0.25) is 0 Å². The molecule has 0 bridgehead atoms. The first kappa shape index (κ1) is 18.1. The predicted octanol–water partition coefficient (Wildman–Crippen LogP) is 2.78. The lowest BCUT2D eigenvalue weighted by Crippen LogP contribution is -2.45. The summed E-state index contributed by atoms with van der Waals surface area (Å²) >= 11 is 0. The number of amides is 1. The highest BCUT2D eigenvalue weighted by Gasteiger charge is 2.34. The van der Waals surface area contributed by atoms with Crippen LogP contribution >= 0.6 is 0 Å². The van der Waals surface area contributed by atoms with Crippen LogP contribution in [0.3, 0.4) is 0 Å². The molecule has 1 fully saturated rings. The van der Waals surface area contributed by atoms with E-state index in [-0.39, 0.29) is 17.9 Å². The van der Waals surface area contributed by atoms with Gasteiger partial charge in [0.1, 0.15) is 11.5 Å². The average Bonchev–Trinajstić information content (AvgIpc) is 3.37. The van der Waals surface area contributed by atoms with Gasteiger partial charge in [0.25, 0.3) is 5.91 Å². The molecule has 3 heterocycles. The van der Waals surface area contributed by atoms with Crippen LogP contribution in [0.15, 0.2) is 41.1 Å². The Morgan fingerprint density at radius 1 is 1.21 bits per heavy atom. The van der Waals surface area contributed by atoms with E-state index in [2.05, 4.69) is 15.2 Å². The van der Waals surface area contributed by atoms with Gasteiger partial charge in [0.05, 0.1) is 29.6 Å². The highest BCUT2D eigenvalue weighted by atomic mass is 16.4. The number of aryl methyl sites for hydroxylation is 1. The highest BCUT2D eigenvalue weighted by molar-refractivity contribution is 5.98. The molecule has 0 radical (unpaired) electrons. The van der Waals surface area contributed by atoms with Gasteiger partial charge in [0.15, 0.2) is 12.2 Å². The third-order valence-electron chi connectivity index (χ3n) is 5.22. The molecule has 1 aliphatic heterocycles. The van der Waals surface area contributed by atoms with Gasteiger partial charge >= 0.3 is 0 Å². The molecule has 144 valence electrons. The molecule has 4 rings (SSSR count). The second kappa shape index (κ2) is 7.38. The van der Waals surface area contributed by atoms with Crippen molar-refractivity contribution < 1.29 is 14.0 Å². The Labute approximate surface area is 162 Å². The molecule has 1 aliphatic rings. The molecular formula is C20H21N5O3. The van der Waals surface area contributed by atoms with Gasteiger partial charge < -0.3 is 9.32 Å². The monoisotopic (exact) mass is 379 g/mol. The Kier molecular flexibility index (Phi) is 4.77. The SMILES string of the molecule is Cc1oc([C@@H]2CC[C@@H](C)N(C(=O)c3ccccc3-n3nccn3)C2)nc1C=O. The number of hydrogen-bond donors (Lipinski definition) is 0. The number of rotatable bonds is 4. The van der Waals surface area contributed by atoms with Crippen LogP contribution in [0.5, 0.6) is 0 Å². The minimum atomic E-state index is -0.0796. The third-order valence-corrected chi connectivity index (χ3v) is 5.22. The number of aldehydes is 1. The lowest BCUT2D eigenvalue weighted by Gasteiger charge is -2.37. The Hall–Kier alpha value is -3.29. The number of benzene rings is 1. The average molecular weight is 379 g/mol. The summed E-state index contributed by atoms with van der Waals surface area (Å²) in [5.74, 6) is 0.912. The van der Waals surface area contributed by atoms with Crippen molar-refractivity contribution in [3.8, 4) is 5.69 Å². The molecule has 0 N–H and O–H groups in total. The zero-order chi connectivity index (χ0) is 19.7. The van der Waals surface area contributed by atoms with Crippen LogP contribution in [0, 0.1) is 6.92 Å². The molecule has 0 aliphatic carbocycles. The lowest BCUT2D eigenvalue weighted by molar-refractivity contribution is 0.0596. The van der Waals surface area contributed by atoms with E-state index >= 15 is 0 Å². The van der Waals surface area contributed by atoms with Crippen molar-refractivity contribution in [1.29, 1.82) is 0 Å². The maximum Gasteiger partial charge on any atom is 0.256 e. The first-order chi connectivity index (χ1) is 13.6. The normalized spacial score (nSPS) is 19.6. The molecule has 2 aromatic heterocycles. The molecule has 0 spiro atoms. The van der Waals surface area contributed by atoms with E-state index in [1.807, 2.05) is 30.0 Å². The van der Waals surface area contributed by atoms with Crippen LogP contribution in [0.1, 0.15) is 58.2 Å². The Morgan fingerprint density at radius 3 is 2.68 bits per heavy atom. The summed E-state index contributed by atoms with van der Waals surface area (Å²) < 4.78 is 5.69. The largest absolute Gasteiger partial charge is 0.445 e. The summed E-state index contributed by atoms with van der Waals surface area (Å²) in [5.41, 5.74) is 1.51. The van der Waals surface area contributed by atoms with Gasteiger partial charge in [-0.15, -0.1) is 0 Å². The van der Waals surface area contributed by atoms with E-state index < -0.39 is 0 Å². The predicted molar refractivity (Wildman–Crippen MR) is 100 cm³/mol. The molecular weight excluding hydrogens is 358 g/mol. The van der Waals surface area contributed by atoms with Gasteiger partial charge in [-0.3, -0.25) is 9.59 Å². The summed E-state index contributed by atoms with van der Waals surface area (Å²) in [5, 5.41) is 8.31. The van der Waals surface area contributed by atoms with Crippen LogP contribution in [-0.2, 0) is 0 Å². The highest BCUT2D eigenvalue weighted by Crippen LogP contribution is 2.32. The summed E-state index contributed by atoms with van der Waals surface area (Å²) in [6.07, 6.45) is 5.54. The number of carbonyl (C=O) groups excluding carboxylic acids is 2. The second-order valence-corrected chi connectivity index (χ2v) is 7.03. The van der Waals surface area contributed by atoms with Crippen LogP contribution in [-0.4, -0.2) is 49.7 Å². The van der Waals surface area contributed by atoms with E-state index in [9.17, 15) is 9.59 Å².